The minimum Gasteiger partial charge on any atom is -0.309 e. The number of rotatable bonds is 6. The van der Waals surface area contributed by atoms with Crippen LogP contribution in [0.4, 0.5) is 5.69 Å². The Bertz CT molecular complexity index is 4040. The van der Waals surface area contributed by atoms with E-state index in [-0.39, 0.29) is 0 Å². The molecule has 0 aliphatic carbocycles. The van der Waals surface area contributed by atoms with Crippen molar-refractivity contribution >= 4 is 71.1 Å². The summed E-state index contributed by atoms with van der Waals surface area (Å²) >= 11 is 0. The molecule has 66 heavy (non-hydrogen) atoms. The fourth-order valence-corrected chi connectivity index (χ4v) is 10.1. The third-order valence-electron chi connectivity index (χ3n) is 12.9. The zero-order valence-corrected chi connectivity index (χ0v) is 35.8. The van der Waals surface area contributed by atoms with Gasteiger partial charge in [-0.2, -0.15) is 0 Å². The topological polar surface area (TPSA) is 57.8 Å². The first kappa shape index (κ1) is 37.4. The van der Waals surface area contributed by atoms with E-state index in [1.165, 1.54) is 21.7 Å². The Labute approximate surface area is 379 Å². The zero-order chi connectivity index (χ0) is 43.9. The molecular formula is C59H37N7. The van der Waals surface area contributed by atoms with Crippen LogP contribution in [0.3, 0.4) is 0 Å². The summed E-state index contributed by atoms with van der Waals surface area (Å²) in [6, 6.07) is 72.0. The van der Waals surface area contributed by atoms with Gasteiger partial charge in [0.05, 0.1) is 39.7 Å². The summed E-state index contributed by atoms with van der Waals surface area (Å²) in [6.45, 7) is 9.91. The Morgan fingerprint density at radius 1 is 0.364 bits per heavy atom. The van der Waals surface area contributed by atoms with Gasteiger partial charge in [0, 0.05) is 66.1 Å². The molecule has 0 fully saturated rings. The molecule has 0 amide bonds. The highest BCUT2D eigenvalue weighted by Crippen LogP contribution is 2.50. The molecule has 9 aromatic carbocycles. The van der Waals surface area contributed by atoms with Gasteiger partial charge in [-0.25, -0.2) is 19.8 Å². The van der Waals surface area contributed by atoms with E-state index >= 15 is 0 Å². The van der Waals surface area contributed by atoms with Gasteiger partial charge in [-0.05, 0) is 79.2 Å². The minimum atomic E-state index is 0.607. The molecule has 13 rings (SSSR count). The first-order valence-electron chi connectivity index (χ1n) is 22.1. The Morgan fingerprint density at radius 2 is 0.742 bits per heavy atom. The predicted molar refractivity (Wildman–Crippen MR) is 270 cm³/mol. The Morgan fingerprint density at radius 3 is 1.17 bits per heavy atom. The molecule has 0 spiro atoms. The molecule has 0 saturated carbocycles. The standard InChI is InChI=1S/C59H37N7/c1-37-16-15-21-44(36-37)66-50-27-14-11-24-47(50)53-55-51(45-22-9-13-26-49(45)65(55)43-34-30-41(60-2)31-35-43)54-52(56(53)66)46-23-10-12-25-48(46)64(54)42-32-28-40(29-33-42)59-62-57(38-17-5-3-6-18-38)61-58(63-59)39-19-7-4-8-20-39/h3-36H,1H3. The van der Waals surface area contributed by atoms with E-state index < -0.39 is 0 Å². The number of benzene rings is 9. The van der Waals surface area contributed by atoms with E-state index in [1.54, 1.807) is 0 Å². The molecule has 13 aromatic rings. The molecule has 0 radical (unpaired) electrons. The van der Waals surface area contributed by atoms with Crippen molar-refractivity contribution in [3.8, 4) is 51.2 Å². The van der Waals surface area contributed by atoms with Crippen molar-refractivity contribution in [2.45, 2.75) is 6.92 Å². The first-order valence-corrected chi connectivity index (χ1v) is 22.1. The molecule has 0 aliphatic rings. The molecule has 308 valence electrons. The van der Waals surface area contributed by atoms with Gasteiger partial charge in [0.2, 0.25) is 0 Å². The second kappa shape index (κ2) is 14.7. The van der Waals surface area contributed by atoms with Crippen LogP contribution < -0.4 is 0 Å². The third-order valence-corrected chi connectivity index (χ3v) is 12.9. The minimum absolute atomic E-state index is 0.607. The molecule has 7 nitrogen and oxygen atoms in total. The lowest BCUT2D eigenvalue weighted by Crippen LogP contribution is -2.00. The van der Waals surface area contributed by atoms with Crippen LogP contribution in [0, 0.1) is 13.5 Å². The van der Waals surface area contributed by atoms with Crippen molar-refractivity contribution < 1.29 is 0 Å². The van der Waals surface area contributed by atoms with Crippen LogP contribution in [0.1, 0.15) is 5.56 Å². The summed E-state index contributed by atoms with van der Waals surface area (Å²) in [5.41, 5.74) is 14.4. The maximum atomic E-state index is 7.75. The number of para-hydroxylation sites is 3. The molecule has 0 N–H and O–H groups in total. The molecule has 4 aromatic heterocycles. The van der Waals surface area contributed by atoms with Crippen LogP contribution in [0.15, 0.2) is 206 Å². The highest BCUT2D eigenvalue weighted by Gasteiger charge is 2.29. The second-order valence-electron chi connectivity index (χ2n) is 16.8. The van der Waals surface area contributed by atoms with Gasteiger partial charge < -0.3 is 13.7 Å². The fourth-order valence-electron chi connectivity index (χ4n) is 10.1. The van der Waals surface area contributed by atoms with Crippen molar-refractivity contribution in [1.29, 1.82) is 0 Å². The van der Waals surface area contributed by atoms with Crippen molar-refractivity contribution in [2.75, 3.05) is 0 Å². The Kier molecular flexibility index (Phi) is 8.36. The van der Waals surface area contributed by atoms with Gasteiger partial charge >= 0.3 is 0 Å². The van der Waals surface area contributed by atoms with E-state index in [1.807, 2.05) is 72.8 Å². The average Bonchev–Trinajstić information content (AvgIpc) is 4.03. The highest BCUT2D eigenvalue weighted by atomic mass is 15.1. The fraction of sp³-hybridized carbons (Fsp3) is 0.0169. The second-order valence-corrected chi connectivity index (χ2v) is 16.8. The quantitative estimate of drug-likeness (QED) is 0.157. The van der Waals surface area contributed by atoms with E-state index in [2.05, 4.69) is 159 Å². The molecule has 0 atom stereocenters. The van der Waals surface area contributed by atoms with Crippen molar-refractivity contribution in [3.05, 3.63) is 223 Å². The predicted octanol–water partition coefficient (Wildman–Crippen LogP) is 15.0. The molecule has 4 heterocycles. The van der Waals surface area contributed by atoms with Gasteiger partial charge in [0.15, 0.2) is 23.2 Å². The number of hydrogen-bond acceptors (Lipinski definition) is 3. The number of aryl methyl sites for hydroxylation is 1. The van der Waals surface area contributed by atoms with E-state index in [9.17, 15) is 0 Å². The normalized spacial score (nSPS) is 11.7. The smallest absolute Gasteiger partial charge is 0.187 e. The zero-order valence-electron chi connectivity index (χ0n) is 35.8. The summed E-state index contributed by atoms with van der Waals surface area (Å²) < 4.78 is 7.33. The molecule has 0 bridgehead atoms. The monoisotopic (exact) mass is 843 g/mol. The van der Waals surface area contributed by atoms with Crippen LogP contribution in [0.25, 0.3) is 121 Å². The van der Waals surface area contributed by atoms with Gasteiger partial charge in [0.25, 0.3) is 0 Å². The Balaban J connectivity index is 1.16. The highest BCUT2D eigenvalue weighted by molar-refractivity contribution is 6.40. The van der Waals surface area contributed by atoms with E-state index in [0.717, 1.165) is 83.0 Å². The largest absolute Gasteiger partial charge is 0.309 e. The maximum absolute atomic E-state index is 7.75. The van der Waals surface area contributed by atoms with Crippen molar-refractivity contribution in [3.63, 3.8) is 0 Å². The molecule has 7 heteroatoms. The summed E-state index contributed by atoms with van der Waals surface area (Å²) in [6.07, 6.45) is 0. The number of fused-ring (bicyclic) bond motifs is 12. The van der Waals surface area contributed by atoms with Gasteiger partial charge in [-0.1, -0.05) is 140 Å². The maximum Gasteiger partial charge on any atom is 0.187 e. The lowest BCUT2D eigenvalue weighted by atomic mass is 10.0. The number of hydrogen-bond donors (Lipinski definition) is 0. The number of aromatic nitrogens is 6. The van der Waals surface area contributed by atoms with Crippen LogP contribution >= 0.6 is 0 Å². The van der Waals surface area contributed by atoms with Crippen LogP contribution in [0.5, 0.6) is 0 Å². The molecule has 0 saturated heterocycles. The van der Waals surface area contributed by atoms with E-state index in [0.29, 0.717) is 23.2 Å². The first-order chi connectivity index (χ1) is 32.6. The summed E-state index contributed by atoms with van der Waals surface area (Å²) in [4.78, 5) is 18.8. The van der Waals surface area contributed by atoms with Gasteiger partial charge in [-0.15, -0.1) is 0 Å². The van der Waals surface area contributed by atoms with Crippen LogP contribution in [-0.4, -0.2) is 28.7 Å². The van der Waals surface area contributed by atoms with Crippen LogP contribution in [-0.2, 0) is 0 Å². The third kappa shape index (κ3) is 5.65. The SMILES string of the molecule is [C-]#[N+]c1ccc(-n2c3ccccc3c3c2c2c4ccccc4n(-c4cccc(C)c4)c2c2c4ccccc4n(-c4ccc(-c5nc(-c6ccccc6)nc(-c6ccccc6)n5)cc4)c32)cc1. The molecular weight excluding hydrogens is 807 g/mol. The lowest BCUT2D eigenvalue weighted by molar-refractivity contribution is 1.07. The molecule has 0 aliphatic heterocycles. The average molecular weight is 844 g/mol. The summed E-state index contributed by atoms with van der Waals surface area (Å²) in [5, 5.41) is 7.00. The number of nitrogens with zero attached hydrogens (tertiary/aromatic N) is 7. The van der Waals surface area contributed by atoms with Gasteiger partial charge in [-0.3, -0.25) is 0 Å². The summed E-state index contributed by atoms with van der Waals surface area (Å²) in [7, 11) is 0. The van der Waals surface area contributed by atoms with Crippen LogP contribution in [0.2, 0.25) is 0 Å². The lowest BCUT2D eigenvalue weighted by Gasteiger charge is -2.14. The molecule has 0 unspecified atom stereocenters. The Hall–Kier alpha value is -9.12. The summed E-state index contributed by atoms with van der Waals surface area (Å²) in [5.74, 6) is 1.86. The van der Waals surface area contributed by atoms with Crippen molar-refractivity contribution in [1.82, 2.24) is 28.7 Å². The van der Waals surface area contributed by atoms with E-state index in [4.69, 9.17) is 21.5 Å². The van der Waals surface area contributed by atoms with Crippen molar-refractivity contribution in [2.24, 2.45) is 0 Å². The van der Waals surface area contributed by atoms with Gasteiger partial charge in [0.1, 0.15) is 0 Å².